The van der Waals surface area contributed by atoms with E-state index < -0.39 is 5.97 Å². The third-order valence-electron chi connectivity index (χ3n) is 2.19. The summed E-state index contributed by atoms with van der Waals surface area (Å²) < 4.78 is 0. The van der Waals surface area contributed by atoms with Gasteiger partial charge in [-0.1, -0.05) is 6.92 Å². The molecule has 88 valence electrons. The number of aromatic carboxylic acids is 1. The van der Waals surface area contributed by atoms with E-state index in [-0.39, 0.29) is 17.4 Å². The molecule has 0 aliphatic rings. The molecule has 0 saturated heterocycles. The SMILES string of the molecule is Cc1ccnc(SC(C)CCO)c1C(=O)O. The van der Waals surface area contributed by atoms with Crippen molar-refractivity contribution in [2.45, 2.75) is 30.5 Å². The molecule has 4 nitrogen and oxygen atoms in total. The topological polar surface area (TPSA) is 70.4 Å². The second-order valence-electron chi connectivity index (χ2n) is 3.55. The lowest BCUT2D eigenvalue weighted by molar-refractivity contribution is 0.0691. The van der Waals surface area contributed by atoms with Gasteiger partial charge in [0.15, 0.2) is 0 Å². The van der Waals surface area contributed by atoms with Gasteiger partial charge in [0.2, 0.25) is 0 Å². The summed E-state index contributed by atoms with van der Waals surface area (Å²) in [5.41, 5.74) is 0.971. The van der Waals surface area contributed by atoms with Crippen LogP contribution in [0.25, 0.3) is 0 Å². The van der Waals surface area contributed by atoms with Gasteiger partial charge in [0.1, 0.15) is 5.03 Å². The average molecular weight is 241 g/mol. The number of aliphatic hydroxyl groups excluding tert-OH is 1. The third-order valence-corrected chi connectivity index (χ3v) is 3.36. The maximum atomic E-state index is 11.1. The number of hydrogen-bond acceptors (Lipinski definition) is 4. The van der Waals surface area contributed by atoms with Gasteiger partial charge in [0, 0.05) is 18.1 Å². The lowest BCUT2D eigenvalue weighted by Crippen LogP contribution is -2.07. The summed E-state index contributed by atoms with van der Waals surface area (Å²) in [6.45, 7) is 3.80. The van der Waals surface area contributed by atoms with Gasteiger partial charge in [-0.3, -0.25) is 0 Å². The van der Waals surface area contributed by atoms with Crippen LogP contribution in [0.15, 0.2) is 17.3 Å². The van der Waals surface area contributed by atoms with Crippen molar-refractivity contribution in [2.24, 2.45) is 0 Å². The number of aryl methyl sites for hydroxylation is 1. The Morgan fingerprint density at radius 2 is 2.31 bits per heavy atom. The van der Waals surface area contributed by atoms with E-state index in [1.807, 2.05) is 6.92 Å². The summed E-state index contributed by atoms with van der Waals surface area (Å²) in [5.74, 6) is -0.954. The highest BCUT2D eigenvalue weighted by molar-refractivity contribution is 7.99. The Morgan fingerprint density at radius 3 is 2.88 bits per heavy atom. The van der Waals surface area contributed by atoms with Gasteiger partial charge in [-0.25, -0.2) is 9.78 Å². The van der Waals surface area contributed by atoms with E-state index in [1.54, 1.807) is 19.2 Å². The molecule has 0 saturated carbocycles. The van der Waals surface area contributed by atoms with Gasteiger partial charge in [-0.05, 0) is 25.0 Å². The Bertz CT molecular complexity index is 381. The number of carbonyl (C=O) groups is 1. The summed E-state index contributed by atoms with van der Waals surface area (Å²) >= 11 is 1.39. The van der Waals surface area contributed by atoms with Crippen LogP contribution in [0.5, 0.6) is 0 Å². The summed E-state index contributed by atoms with van der Waals surface area (Å²) in [7, 11) is 0. The Kier molecular flexibility index (Phi) is 4.76. The maximum absolute atomic E-state index is 11.1. The maximum Gasteiger partial charge on any atom is 0.338 e. The van der Waals surface area contributed by atoms with Crippen molar-refractivity contribution in [1.82, 2.24) is 4.98 Å². The normalized spacial score (nSPS) is 12.4. The predicted octanol–water partition coefficient (Wildman–Crippen LogP) is 1.95. The van der Waals surface area contributed by atoms with Gasteiger partial charge in [0.05, 0.1) is 5.56 Å². The number of carboxylic acid groups (broad SMARTS) is 1. The van der Waals surface area contributed by atoms with E-state index in [2.05, 4.69) is 4.98 Å². The Labute approximate surface area is 98.7 Å². The Hall–Kier alpha value is -1.07. The second-order valence-corrected chi connectivity index (χ2v) is 4.98. The van der Waals surface area contributed by atoms with Crippen molar-refractivity contribution < 1.29 is 15.0 Å². The van der Waals surface area contributed by atoms with E-state index in [1.165, 1.54) is 11.8 Å². The van der Waals surface area contributed by atoms with Gasteiger partial charge in [-0.15, -0.1) is 11.8 Å². The van der Waals surface area contributed by atoms with Crippen molar-refractivity contribution >= 4 is 17.7 Å². The largest absolute Gasteiger partial charge is 0.478 e. The number of thioether (sulfide) groups is 1. The molecule has 0 amide bonds. The monoisotopic (exact) mass is 241 g/mol. The molecule has 0 bridgehead atoms. The van der Waals surface area contributed by atoms with Gasteiger partial charge < -0.3 is 10.2 Å². The molecule has 0 radical (unpaired) electrons. The van der Waals surface area contributed by atoms with E-state index in [4.69, 9.17) is 10.2 Å². The van der Waals surface area contributed by atoms with Crippen molar-refractivity contribution in [3.05, 3.63) is 23.4 Å². The first-order valence-corrected chi connectivity index (χ1v) is 5.90. The van der Waals surface area contributed by atoms with E-state index in [0.29, 0.717) is 17.0 Å². The highest BCUT2D eigenvalue weighted by Gasteiger charge is 2.16. The Balaban J connectivity index is 2.95. The first-order chi connectivity index (χ1) is 7.56. The van der Waals surface area contributed by atoms with Gasteiger partial charge >= 0.3 is 5.97 Å². The lowest BCUT2D eigenvalue weighted by Gasteiger charge is -2.11. The molecule has 1 atom stereocenters. The van der Waals surface area contributed by atoms with E-state index in [0.717, 1.165) is 0 Å². The molecular formula is C11H15NO3S. The highest BCUT2D eigenvalue weighted by Crippen LogP contribution is 2.27. The highest BCUT2D eigenvalue weighted by atomic mass is 32.2. The fraction of sp³-hybridized carbons (Fsp3) is 0.455. The molecule has 0 aliphatic heterocycles. The molecule has 0 fully saturated rings. The molecule has 1 aromatic heterocycles. The van der Waals surface area contributed by atoms with Crippen LogP contribution in [-0.2, 0) is 0 Å². The predicted molar refractivity (Wildman–Crippen MR) is 63.0 cm³/mol. The van der Waals surface area contributed by atoms with Crippen molar-refractivity contribution in [2.75, 3.05) is 6.61 Å². The van der Waals surface area contributed by atoms with E-state index >= 15 is 0 Å². The van der Waals surface area contributed by atoms with Crippen LogP contribution < -0.4 is 0 Å². The first-order valence-electron chi connectivity index (χ1n) is 5.02. The zero-order valence-corrected chi connectivity index (χ0v) is 10.1. The lowest BCUT2D eigenvalue weighted by atomic mass is 10.2. The summed E-state index contributed by atoms with van der Waals surface area (Å²) in [6.07, 6.45) is 2.23. The van der Waals surface area contributed by atoms with Crippen molar-refractivity contribution in [3.8, 4) is 0 Å². The van der Waals surface area contributed by atoms with Crippen LogP contribution in [0.3, 0.4) is 0 Å². The Morgan fingerprint density at radius 1 is 1.62 bits per heavy atom. The number of pyridine rings is 1. The second kappa shape index (κ2) is 5.86. The molecule has 0 spiro atoms. The summed E-state index contributed by atoms with van der Waals surface area (Å²) in [4.78, 5) is 15.2. The van der Waals surface area contributed by atoms with Crippen LogP contribution >= 0.6 is 11.8 Å². The quantitative estimate of drug-likeness (QED) is 0.771. The van der Waals surface area contributed by atoms with E-state index in [9.17, 15) is 4.79 Å². The minimum absolute atomic E-state index is 0.0996. The number of hydrogen-bond donors (Lipinski definition) is 2. The fourth-order valence-corrected chi connectivity index (χ4v) is 2.41. The van der Waals surface area contributed by atoms with Gasteiger partial charge in [-0.2, -0.15) is 0 Å². The van der Waals surface area contributed by atoms with Crippen molar-refractivity contribution in [3.63, 3.8) is 0 Å². The van der Waals surface area contributed by atoms with Crippen LogP contribution in [-0.4, -0.2) is 33.0 Å². The smallest absolute Gasteiger partial charge is 0.338 e. The van der Waals surface area contributed by atoms with Crippen LogP contribution in [0.4, 0.5) is 0 Å². The first kappa shape index (κ1) is 13.0. The fourth-order valence-electron chi connectivity index (χ4n) is 1.31. The molecule has 2 N–H and O–H groups in total. The minimum atomic E-state index is -0.954. The number of aromatic nitrogens is 1. The summed E-state index contributed by atoms with van der Waals surface area (Å²) in [6, 6.07) is 1.68. The molecule has 1 rings (SSSR count). The molecule has 16 heavy (non-hydrogen) atoms. The minimum Gasteiger partial charge on any atom is -0.478 e. The average Bonchev–Trinajstić information content (AvgIpc) is 2.17. The zero-order valence-electron chi connectivity index (χ0n) is 9.30. The molecule has 0 aromatic carbocycles. The van der Waals surface area contributed by atoms with Crippen LogP contribution in [0.2, 0.25) is 0 Å². The van der Waals surface area contributed by atoms with Gasteiger partial charge in [0.25, 0.3) is 0 Å². The molecule has 0 aliphatic carbocycles. The molecule has 1 heterocycles. The number of rotatable bonds is 5. The molecule has 1 aromatic rings. The van der Waals surface area contributed by atoms with Crippen LogP contribution in [0.1, 0.15) is 29.3 Å². The zero-order chi connectivity index (χ0) is 12.1. The molecule has 1 unspecified atom stereocenters. The number of carboxylic acids is 1. The molecule has 5 heteroatoms. The standard InChI is InChI=1S/C11H15NO3S/c1-7-3-5-12-10(9(7)11(14)15)16-8(2)4-6-13/h3,5,8,13H,4,6H2,1-2H3,(H,14,15). The molecular weight excluding hydrogens is 226 g/mol. The number of nitrogens with zero attached hydrogens (tertiary/aromatic N) is 1. The van der Waals surface area contributed by atoms with Crippen LogP contribution in [0, 0.1) is 6.92 Å². The summed E-state index contributed by atoms with van der Waals surface area (Å²) in [5, 5.41) is 18.6. The van der Waals surface area contributed by atoms with Crippen molar-refractivity contribution in [1.29, 1.82) is 0 Å². The number of aliphatic hydroxyl groups is 1. The third kappa shape index (κ3) is 3.21.